The van der Waals surface area contributed by atoms with E-state index in [0.29, 0.717) is 24.5 Å². The molecule has 13 heavy (non-hydrogen) atoms. The van der Waals surface area contributed by atoms with Crippen LogP contribution in [0, 0.1) is 0 Å². The summed E-state index contributed by atoms with van der Waals surface area (Å²) in [7, 11) is 0. The van der Waals surface area contributed by atoms with Crippen LogP contribution < -0.4 is 5.73 Å². The molecule has 0 aromatic carbocycles. The van der Waals surface area contributed by atoms with Crippen LogP contribution in [0.5, 0.6) is 0 Å². The number of rotatable bonds is 2. The van der Waals surface area contributed by atoms with Crippen LogP contribution in [0.25, 0.3) is 0 Å². The van der Waals surface area contributed by atoms with Gasteiger partial charge in [-0.25, -0.2) is 4.63 Å². The van der Waals surface area contributed by atoms with Gasteiger partial charge in [0.25, 0.3) is 5.91 Å². The number of carbonyl (C=O) groups excluding carboxylic acids is 1. The van der Waals surface area contributed by atoms with E-state index in [-0.39, 0.29) is 11.9 Å². The number of hydrogen-bond acceptors (Lipinski definition) is 5. The van der Waals surface area contributed by atoms with Crippen LogP contribution >= 0.6 is 0 Å². The summed E-state index contributed by atoms with van der Waals surface area (Å²) >= 11 is 0. The Labute approximate surface area is 74.6 Å². The van der Waals surface area contributed by atoms with E-state index in [4.69, 9.17) is 5.73 Å². The van der Waals surface area contributed by atoms with Gasteiger partial charge in [0, 0.05) is 12.6 Å². The largest absolute Gasteiger partial charge is 0.329 e. The van der Waals surface area contributed by atoms with Crippen LogP contribution in [0.15, 0.2) is 4.63 Å². The Morgan fingerprint density at radius 2 is 2.46 bits per heavy atom. The van der Waals surface area contributed by atoms with Gasteiger partial charge in [-0.1, -0.05) is 5.16 Å². The quantitative estimate of drug-likeness (QED) is 0.658. The molecule has 1 amide bonds. The molecule has 1 unspecified atom stereocenters. The van der Waals surface area contributed by atoms with Gasteiger partial charge >= 0.3 is 0 Å². The normalized spacial score (nSPS) is 17.7. The predicted molar refractivity (Wildman–Crippen MR) is 42.7 cm³/mol. The summed E-state index contributed by atoms with van der Waals surface area (Å²) in [5.41, 5.74) is 6.50. The van der Waals surface area contributed by atoms with Crippen molar-refractivity contribution >= 4 is 5.91 Å². The van der Waals surface area contributed by atoms with Gasteiger partial charge in [-0.3, -0.25) is 4.79 Å². The molecular weight excluding hydrogens is 172 g/mol. The fourth-order valence-corrected chi connectivity index (χ4v) is 1.37. The van der Waals surface area contributed by atoms with E-state index in [1.165, 1.54) is 0 Å². The molecule has 0 fully saturated rings. The second-order valence-corrected chi connectivity index (χ2v) is 3.22. The Bertz CT molecular complexity index is 333. The van der Waals surface area contributed by atoms with Gasteiger partial charge in [0.15, 0.2) is 5.69 Å². The highest BCUT2D eigenvalue weighted by molar-refractivity contribution is 5.95. The smallest absolute Gasteiger partial charge is 0.278 e. The number of nitrogens with two attached hydrogens (primary N) is 1. The molecule has 1 aromatic rings. The summed E-state index contributed by atoms with van der Waals surface area (Å²) in [5, 5.41) is 7.13. The highest BCUT2D eigenvalue weighted by Gasteiger charge is 2.32. The number of aromatic nitrogens is 2. The Balaban J connectivity index is 2.15. The molecule has 1 atom stereocenters. The van der Waals surface area contributed by atoms with Gasteiger partial charge < -0.3 is 10.6 Å². The van der Waals surface area contributed by atoms with Crippen molar-refractivity contribution in [2.24, 2.45) is 5.73 Å². The van der Waals surface area contributed by atoms with Crippen molar-refractivity contribution in [2.75, 3.05) is 6.54 Å². The van der Waals surface area contributed by atoms with Crippen LogP contribution in [0.3, 0.4) is 0 Å². The molecule has 2 rings (SSSR count). The molecule has 6 nitrogen and oxygen atoms in total. The average Bonchev–Trinajstić information content (AvgIpc) is 2.56. The van der Waals surface area contributed by atoms with E-state index in [1.807, 2.05) is 6.92 Å². The third-order valence-corrected chi connectivity index (χ3v) is 1.90. The maximum absolute atomic E-state index is 11.5. The first-order valence-electron chi connectivity index (χ1n) is 4.05. The SMILES string of the molecule is CC(N)CN1Cc2nonc2C1=O. The zero-order valence-electron chi connectivity index (χ0n) is 7.23. The lowest BCUT2D eigenvalue weighted by Crippen LogP contribution is -2.35. The Morgan fingerprint density at radius 3 is 3.08 bits per heavy atom. The summed E-state index contributed by atoms with van der Waals surface area (Å²) in [6.45, 7) is 2.83. The highest BCUT2D eigenvalue weighted by Crippen LogP contribution is 2.18. The lowest BCUT2D eigenvalue weighted by Gasteiger charge is -2.16. The first-order chi connectivity index (χ1) is 6.18. The van der Waals surface area contributed by atoms with E-state index in [0.717, 1.165) is 0 Å². The highest BCUT2D eigenvalue weighted by atomic mass is 16.6. The molecule has 1 aromatic heterocycles. The molecule has 2 heterocycles. The van der Waals surface area contributed by atoms with E-state index >= 15 is 0 Å². The van der Waals surface area contributed by atoms with Crippen LogP contribution in [-0.2, 0) is 6.54 Å². The summed E-state index contributed by atoms with van der Waals surface area (Å²) in [6.07, 6.45) is 0. The Morgan fingerprint density at radius 1 is 1.69 bits per heavy atom. The van der Waals surface area contributed by atoms with Gasteiger partial charge in [0.1, 0.15) is 5.69 Å². The first-order valence-corrected chi connectivity index (χ1v) is 4.05. The fraction of sp³-hybridized carbons (Fsp3) is 0.571. The van der Waals surface area contributed by atoms with Crippen molar-refractivity contribution in [3.05, 3.63) is 11.4 Å². The van der Waals surface area contributed by atoms with Crippen LogP contribution in [0.2, 0.25) is 0 Å². The van der Waals surface area contributed by atoms with E-state index < -0.39 is 0 Å². The van der Waals surface area contributed by atoms with E-state index in [1.54, 1.807) is 4.90 Å². The molecule has 0 spiro atoms. The monoisotopic (exact) mass is 182 g/mol. The topological polar surface area (TPSA) is 85.2 Å². The molecule has 2 N–H and O–H groups in total. The van der Waals surface area contributed by atoms with Crippen LogP contribution in [0.4, 0.5) is 0 Å². The molecule has 6 heteroatoms. The van der Waals surface area contributed by atoms with E-state index in [2.05, 4.69) is 14.9 Å². The molecule has 0 radical (unpaired) electrons. The summed E-state index contributed by atoms with van der Waals surface area (Å²) < 4.78 is 4.43. The second kappa shape index (κ2) is 2.81. The lowest BCUT2D eigenvalue weighted by molar-refractivity contribution is 0.0751. The van der Waals surface area contributed by atoms with Gasteiger partial charge in [-0.05, 0) is 12.1 Å². The van der Waals surface area contributed by atoms with Gasteiger partial charge in [0.2, 0.25) is 0 Å². The van der Waals surface area contributed by atoms with Crippen molar-refractivity contribution in [3.8, 4) is 0 Å². The van der Waals surface area contributed by atoms with Crippen molar-refractivity contribution in [1.29, 1.82) is 0 Å². The van der Waals surface area contributed by atoms with Crippen molar-refractivity contribution < 1.29 is 9.42 Å². The number of carbonyl (C=O) groups is 1. The molecule has 0 bridgehead atoms. The summed E-state index contributed by atoms with van der Waals surface area (Å²) in [4.78, 5) is 13.1. The Kier molecular flexibility index (Phi) is 1.77. The molecule has 0 saturated heterocycles. The minimum Gasteiger partial charge on any atom is -0.329 e. The minimum atomic E-state index is -0.145. The lowest BCUT2D eigenvalue weighted by atomic mass is 10.3. The maximum Gasteiger partial charge on any atom is 0.278 e. The minimum absolute atomic E-state index is 0.0371. The fourth-order valence-electron chi connectivity index (χ4n) is 1.37. The number of nitrogens with zero attached hydrogens (tertiary/aromatic N) is 3. The zero-order valence-corrected chi connectivity index (χ0v) is 7.23. The molecule has 0 saturated carbocycles. The molecule has 0 aliphatic carbocycles. The molecule has 1 aliphatic heterocycles. The van der Waals surface area contributed by atoms with Crippen LogP contribution in [-0.4, -0.2) is 33.7 Å². The second-order valence-electron chi connectivity index (χ2n) is 3.22. The standard InChI is InChI=1S/C7H10N4O2/c1-4(8)2-11-3-5-6(7(11)12)10-13-9-5/h4H,2-3,8H2,1H3. The molecular formula is C7H10N4O2. The van der Waals surface area contributed by atoms with Gasteiger partial charge in [0.05, 0.1) is 6.54 Å². The third kappa shape index (κ3) is 1.29. The first kappa shape index (κ1) is 8.18. The Hall–Kier alpha value is -1.43. The van der Waals surface area contributed by atoms with Gasteiger partial charge in [-0.15, -0.1) is 0 Å². The third-order valence-electron chi connectivity index (χ3n) is 1.90. The predicted octanol–water partition coefficient (Wildman–Crippen LogP) is -0.627. The molecule has 70 valence electrons. The summed E-state index contributed by atoms with van der Waals surface area (Å²) in [5.74, 6) is -0.145. The zero-order chi connectivity index (χ0) is 9.42. The van der Waals surface area contributed by atoms with Crippen molar-refractivity contribution in [1.82, 2.24) is 15.2 Å². The van der Waals surface area contributed by atoms with E-state index in [9.17, 15) is 4.79 Å². The number of amides is 1. The number of fused-ring (bicyclic) bond motifs is 1. The van der Waals surface area contributed by atoms with Crippen molar-refractivity contribution in [3.63, 3.8) is 0 Å². The van der Waals surface area contributed by atoms with Crippen LogP contribution in [0.1, 0.15) is 23.1 Å². The maximum atomic E-state index is 11.5. The molecule has 1 aliphatic rings. The number of hydrogen-bond donors (Lipinski definition) is 1. The average molecular weight is 182 g/mol. The van der Waals surface area contributed by atoms with Crippen molar-refractivity contribution in [2.45, 2.75) is 19.5 Å². The van der Waals surface area contributed by atoms with Gasteiger partial charge in [-0.2, -0.15) is 0 Å². The summed E-state index contributed by atoms with van der Waals surface area (Å²) in [6, 6.07) is -0.0371.